The van der Waals surface area contributed by atoms with Crippen LogP contribution in [0.1, 0.15) is 17.0 Å². The van der Waals surface area contributed by atoms with E-state index in [0.717, 1.165) is 11.3 Å². The summed E-state index contributed by atoms with van der Waals surface area (Å²) < 4.78 is 6.96. The van der Waals surface area contributed by atoms with Gasteiger partial charge in [-0.25, -0.2) is 4.98 Å². The van der Waals surface area contributed by atoms with Crippen LogP contribution < -0.4 is 15.8 Å². The third kappa shape index (κ3) is 4.87. The standard InChI is InChI=1S/C18H20Cl2N6O3/c1-9-12(10(2)26-18(23-9)24-17(21)25-26)6-15(28)22-7-11(27)8-29-14-5-3-4-13(19)16(14)20/h3-5,11,27H,6-8H2,1-2H3,(H2,21,25)(H,22,28). The summed E-state index contributed by atoms with van der Waals surface area (Å²) in [6.07, 6.45) is -0.847. The third-order valence-corrected chi connectivity index (χ3v) is 5.09. The molecule has 0 aliphatic rings. The number of aryl methyl sites for hydroxylation is 2. The third-order valence-electron chi connectivity index (χ3n) is 4.28. The molecule has 9 nitrogen and oxygen atoms in total. The van der Waals surface area contributed by atoms with Crippen molar-refractivity contribution in [1.82, 2.24) is 24.9 Å². The Bertz CT molecular complexity index is 1060. The lowest BCUT2D eigenvalue weighted by atomic mass is 10.1. The number of aliphatic hydroxyl groups is 1. The van der Waals surface area contributed by atoms with Gasteiger partial charge in [0.15, 0.2) is 0 Å². The molecule has 0 bridgehead atoms. The van der Waals surface area contributed by atoms with Crippen LogP contribution in [0, 0.1) is 13.8 Å². The number of anilines is 1. The van der Waals surface area contributed by atoms with Gasteiger partial charge in [-0.15, -0.1) is 5.10 Å². The second-order valence-corrected chi connectivity index (χ2v) is 7.23. The Morgan fingerprint density at radius 1 is 1.34 bits per heavy atom. The normalized spacial score (nSPS) is 12.2. The number of halogens is 2. The molecule has 29 heavy (non-hydrogen) atoms. The van der Waals surface area contributed by atoms with Gasteiger partial charge in [-0.3, -0.25) is 4.79 Å². The van der Waals surface area contributed by atoms with E-state index in [2.05, 4.69) is 20.4 Å². The monoisotopic (exact) mass is 438 g/mol. The molecule has 0 aliphatic heterocycles. The van der Waals surface area contributed by atoms with Crippen LogP contribution in [0.25, 0.3) is 5.78 Å². The Hall–Kier alpha value is -2.62. The average Bonchev–Trinajstić information content (AvgIpc) is 3.05. The highest BCUT2D eigenvalue weighted by Crippen LogP contribution is 2.31. The van der Waals surface area contributed by atoms with Gasteiger partial charge in [0, 0.05) is 23.5 Å². The fourth-order valence-electron chi connectivity index (χ4n) is 2.77. The van der Waals surface area contributed by atoms with E-state index in [9.17, 15) is 9.90 Å². The summed E-state index contributed by atoms with van der Waals surface area (Å²) in [6.45, 7) is 3.57. The average molecular weight is 439 g/mol. The number of aliphatic hydroxyl groups excluding tert-OH is 1. The molecule has 4 N–H and O–H groups in total. The highest BCUT2D eigenvalue weighted by atomic mass is 35.5. The highest BCUT2D eigenvalue weighted by Gasteiger charge is 2.16. The van der Waals surface area contributed by atoms with Crippen LogP contribution in [0.15, 0.2) is 18.2 Å². The Morgan fingerprint density at radius 3 is 2.86 bits per heavy atom. The van der Waals surface area contributed by atoms with Crippen LogP contribution in [0.3, 0.4) is 0 Å². The Morgan fingerprint density at radius 2 is 2.10 bits per heavy atom. The zero-order valence-corrected chi connectivity index (χ0v) is 17.3. The molecule has 1 unspecified atom stereocenters. The van der Waals surface area contributed by atoms with Gasteiger partial charge >= 0.3 is 0 Å². The lowest BCUT2D eigenvalue weighted by Gasteiger charge is -2.15. The molecule has 1 aromatic carbocycles. The molecule has 0 spiro atoms. The zero-order valence-electron chi connectivity index (χ0n) is 15.8. The SMILES string of the molecule is Cc1nc2nc(N)nn2c(C)c1CC(=O)NCC(O)COc1cccc(Cl)c1Cl. The second kappa shape index (κ2) is 8.81. The first-order valence-corrected chi connectivity index (χ1v) is 9.51. The number of amides is 1. The van der Waals surface area contributed by atoms with Crippen molar-refractivity contribution < 1.29 is 14.6 Å². The van der Waals surface area contributed by atoms with E-state index >= 15 is 0 Å². The van der Waals surface area contributed by atoms with Crippen LogP contribution in [0.2, 0.25) is 10.0 Å². The quantitative estimate of drug-likeness (QED) is 0.512. The summed E-state index contributed by atoms with van der Waals surface area (Å²) in [7, 11) is 0. The van der Waals surface area contributed by atoms with Gasteiger partial charge in [0.1, 0.15) is 23.5 Å². The predicted octanol–water partition coefficient (Wildman–Crippen LogP) is 1.73. The van der Waals surface area contributed by atoms with Crippen LogP contribution in [-0.4, -0.2) is 49.9 Å². The molecule has 3 aromatic rings. The number of hydrogen-bond donors (Lipinski definition) is 3. The molecule has 0 saturated carbocycles. The number of hydrogen-bond acceptors (Lipinski definition) is 7. The first kappa shape index (κ1) is 21.1. The number of ether oxygens (including phenoxy) is 1. The number of rotatable bonds is 7. The molecule has 1 atom stereocenters. The number of benzene rings is 1. The number of fused-ring (bicyclic) bond motifs is 1. The number of carbonyl (C=O) groups is 1. The minimum Gasteiger partial charge on any atom is -0.489 e. The Labute approximate surface area is 176 Å². The van der Waals surface area contributed by atoms with Crippen molar-refractivity contribution in [1.29, 1.82) is 0 Å². The summed E-state index contributed by atoms with van der Waals surface area (Å²) in [5.74, 6) is 0.589. The molecule has 3 rings (SSSR count). The number of nitrogens with two attached hydrogens (primary N) is 1. The Kier molecular flexibility index (Phi) is 6.41. The van der Waals surface area contributed by atoms with Crippen molar-refractivity contribution in [3.63, 3.8) is 0 Å². The van der Waals surface area contributed by atoms with Crippen molar-refractivity contribution in [3.8, 4) is 5.75 Å². The second-order valence-electron chi connectivity index (χ2n) is 6.44. The predicted molar refractivity (Wildman–Crippen MR) is 109 cm³/mol. The van der Waals surface area contributed by atoms with E-state index < -0.39 is 6.10 Å². The molecular weight excluding hydrogens is 419 g/mol. The van der Waals surface area contributed by atoms with Crippen molar-refractivity contribution in [2.45, 2.75) is 26.4 Å². The number of carbonyl (C=O) groups excluding carboxylic acids is 1. The fraction of sp³-hybridized carbons (Fsp3) is 0.333. The van der Waals surface area contributed by atoms with Gasteiger partial charge in [-0.05, 0) is 26.0 Å². The maximum atomic E-state index is 12.3. The van der Waals surface area contributed by atoms with E-state index in [1.165, 1.54) is 4.52 Å². The van der Waals surface area contributed by atoms with Gasteiger partial charge in [0.25, 0.3) is 5.78 Å². The van der Waals surface area contributed by atoms with Crippen molar-refractivity contribution >= 4 is 40.8 Å². The summed E-state index contributed by atoms with van der Waals surface area (Å²) in [4.78, 5) is 20.7. The largest absolute Gasteiger partial charge is 0.489 e. The van der Waals surface area contributed by atoms with Crippen LogP contribution >= 0.6 is 23.2 Å². The Balaban J connectivity index is 1.56. The van der Waals surface area contributed by atoms with E-state index in [1.807, 2.05) is 6.92 Å². The molecule has 0 aliphatic carbocycles. The molecule has 154 valence electrons. The molecule has 1 amide bonds. The van der Waals surface area contributed by atoms with Gasteiger partial charge in [-0.2, -0.15) is 9.50 Å². The maximum absolute atomic E-state index is 12.3. The number of nitrogen functional groups attached to an aromatic ring is 1. The smallest absolute Gasteiger partial charge is 0.254 e. The van der Waals surface area contributed by atoms with Crippen molar-refractivity contribution in [3.05, 3.63) is 45.2 Å². The highest BCUT2D eigenvalue weighted by molar-refractivity contribution is 6.42. The van der Waals surface area contributed by atoms with E-state index in [-0.39, 0.29) is 36.5 Å². The van der Waals surface area contributed by atoms with Crippen LogP contribution in [0.5, 0.6) is 5.75 Å². The van der Waals surface area contributed by atoms with Crippen molar-refractivity contribution in [2.24, 2.45) is 0 Å². The molecule has 2 heterocycles. The molecular formula is C18H20Cl2N6O3. The summed E-state index contributed by atoms with van der Waals surface area (Å²) in [5, 5.41) is 17.5. The van der Waals surface area contributed by atoms with Gasteiger partial charge in [-0.1, -0.05) is 29.3 Å². The first-order chi connectivity index (χ1) is 13.8. The van der Waals surface area contributed by atoms with Crippen LogP contribution in [-0.2, 0) is 11.2 Å². The topological polar surface area (TPSA) is 128 Å². The molecule has 2 aromatic heterocycles. The lowest BCUT2D eigenvalue weighted by Crippen LogP contribution is -2.36. The minimum absolute atomic E-state index is 0.0149. The van der Waals surface area contributed by atoms with E-state index in [1.54, 1.807) is 25.1 Å². The summed E-state index contributed by atoms with van der Waals surface area (Å²) >= 11 is 12.0. The summed E-state index contributed by atoms with van der Waals surface area (Å²) in [6, 6.07) is 4.97. The number of nitrogens with zero attached hydrogens (tertiary/aromatic N) is 4. The fourth-order valence-corrected chi connectivity index (χ4v) is 3.12. The van der Waals surface area contributed by atoms with Gasteiger partial charge < -0.3 is 20.9 Å². The molecule has 0 radical (unpaired) electrons. The maximum Gasteiger partial charge on any atom is 0.254 e. The van der Waals surface area contributed by atoms with E-state index in [4.69, 9.17) is 33.7 Å². The molecule has 0 saturated heterocycles. The number of nitrogens with one attached hydrogen (secondary N) is 1. The zero-order chi connectivity index (χ0) is 21.1. The first-order valence-electron chi connectivity index (χ1n) is 8.76. The van der Waals surface area contributed by atoms with Gasteiger partial charge in [0.05, 0.1) is 11.4 Å². The van der Waals surface area contributed by atoms with Crippen LogP contribution in [0.4, 0.5) is 5.95 Å². The van der Waals surface area contributed by atoms with E-state index in [0.29, 0.717) is 22.2 Å². The van der Waals surface area contributed by atoms with Gasteiger partial charge in [0.2, 0.25) is 11.9 Å². The molecule has 0 fully saturated rings. The number of aromatic nitrogens is 4. The molecule has 11 heteroatoms. The minimum atomic E-state index is -0.924. The van der Waals surface area contributed by atoms with Crippen molar-refractivity contribution in [2.75, 3.05) is 18.9 Å². The summed E-state index contributed by atoms with van der Waals surface area (Å²) in [5.41, 5.74) is 7.72. The lowest BCUT2D eigenvalue weighted by molar-refractivity contribution is -0.121.